The average molecular weight is 269 g/mol. The van der Waals surface area contributed by atoms with E-state index in [0.29, 0.717) is 0 Å². The van der Waals surface area contributed by atoms with Crippen molar-refractivity contribution in [1.82, 2.24) is 0 Å². The Bertz CT molecular complexity index is 516. The van der Waals surface area contributed by atoms with Crippen LogP contribution in [-0.4, -0.2) is 0 Å². The van der Waals surface area contributed by atoms with Gasteiger partial charge in [-0.05, 0) is 48.2 Å². The standard InChI is InChI=1S/C18H23NO/c1-3-5-14-6-10-16(11-7-14)20-17-12-8-15(9-13-17)18(19)4-2/h6-13,18H,3-5,19H2,1-2H3. The van der Waals surface area contributed by atoms with Crippen molar-refractivity contribution in [3.05, 3.63) is 59.7 Å². The Morgan fingerprint density at radius 2 is 1.45 bits per heavy atom. The second kappa shape index (κ2) is 7.11. The Labute approximate surface area is 121 Å². The summed E-state index contributed by atoms with van der Waals surface area (Å²) in [4.78, 5) is 0. The highest BCUT2D eigenvalue weighted by Crippen LogP contribution is 2.24. The molecule has 106 valence electrons. The van der Waals surface area contributed by atoms with Crippen LogP contribution in [0, 0.1) is 0 Å². The first-order chi connectivity index (χ1) is 9.72. The monoisotopic (exact) mass is 269 g/mol. The van der Waals surface area contributed by atoms with Gasteiger partial charge in [0.05, 0.1) is 0 Å². The van der Waals surface area contributed by atoms with Crippen molar-refractivity contribution in [1.29, 1.82) is 0 Å². The molecule has 0 aliphatic heterocycles. The Hall–Kier alpha value is -1.80. The maximum Gasteiger partial charge on any atom is 0.127 e. The van der Waals surface area contributed by atoms with E-state index in [1.165, 1.54) is 12.0 Å². The van der Waals surface area contributed by atoms with Crippen molar-refractivity contribution in [3.8, 4) is 11.5 Å². The van der Waals surface area contributed by atoms with Gasteiger partial charge in [-0.2, -0.15) is 0 Å². The molecule has 0 spiro atoms. The second-order valence-electron chi connectivity index (χ2n) is 5.08. The van der Waals surface area contributed by atoms with Crippen LogP contribution in [0.15, 0.2) is 48.5 Å². The highest BCUT2D eigenvalue weighted by Gasteiger charge is 2.03. The lowest BCUT2D eigenvalue weighted by Gasteiger charge is -2.11. The van der Waals surface area contributed by atoms with Gasteiger partial charge in [-0.25, -0.2) is 0 Å². The minimum Gasteiger partial charge on any atom is -0.457 e. The predicted molar refractivity (Wildman–Crippen MR) is 84.2 cm³/mol. The molecule has 2 nitrogen and oxygen atoms in total. The first-order valence-electron chi connectivity index (χ1n) is 7.35. The van der Waals surface area contributed by atoms with Gasteiger partial charge in [0.1, 0.15) is 11.5 Å². The Balaban J connectivity index is 2.02. The number of benzene rings is 2. The summed E-state index contributed by atoms with van der Waals surface area (Å²) in [7, 11) is 0. The summed E-state index contributed by atoms with van der Waals surface area (Å²) >= 11 is 0. The van der Waals surface area contributed by atoms with E-state index in [0.717, 1.165) is 29.9 Å². The molecule has 2 aromatic carbocycles. The molecule has 2 aromatic rings. The van der Waals surface area contributed by atoms with Crippen molar-refractivity contribution in [2.24, 2.45) is 5.73 Å². The fourth-order valence-electron chi connectivity index (χ4n) is 2.17. The molecular formula is C18H23NO. The van der Waals surface area contributed by atoms with E-state index in [-0.39, 0.29) is 6.04 Å². The SMILES string of the molecule is CCCc1ccc(Oc2ccc(C(N)CC)cc2)cc1. The molecule has 1 atom stereocenters. The summed E-state index contributed by atoms with van der Waals surface area (Å²) < 4.78 is 5.84. The molecule has 0 amide bonds. The molecule has 0 fully saturated rings. The van der Waals surface area contributed by atoms with E-state index in [1.807, 2.05) is 36.4 Å². The van der Waals surface area contributed by atoms with E-state index < -0.39 is 0 Å². The molecule has 0 aromatic heterocycles. The summed E-state index contributed by atoms with van der Waals surface area (Å²) in [5.74, 6) is 1.72. The van der Waals surface area contributed by atoms with Gasteiger partial charge < -0.3 is 10.5 Å². The molecule has 0 radical (unpaired) electrons. The van der Waals surface area contributed by atoms with Gasteiger partial charge in [0.15, 0.2) is 0 Å². The third-order valence-electron chi connectivity index (χ3n) is 3.45. The summed E-state index contributed by atoms with van der Waals surface area (Å²) in [6, 6.07) is 16.4. The van der Waals surface area contributed by atoms with Crippen LogP contribution in [0.25, 0.3) is 0 Å². The van der Waals surface area contributed by atoms with E-state index in [9.17, 15) is 0 Å². The lowest BCUT2D eigenvalue weighted by Crippen LogP contribution is -2.07. The van der Waals surface area contributed by atoms with E-state index in [4.69, 9.17) is 10.5 Å². The zero-order valence-electron chi connectivity index (χ0n) is 12.3. The van der Waals surface area contributed by atoms with Gasteiger partial charge >= 0.3 is 0 Å². The molecule has 2 rings (SSSR count). The van der Waals surface area contributed by atoms with Crippen LogP contribution in [-0.2, 0) is 6.42 Å². The summed E-state index contributed by atoms with van der Waals surface area (Å²) in [5, 5.41) is 0. The largest absolute Gasteiger partial charge is 0.457 e. The molecule has 1 unspecified atom stereocenters. The van der Waals surface area contributed by atoms with Crippen molar-refractivity contribution < 1.29 is 4.74 Å². The van der Waals surface area contributed by atoms with E-state index in [2.05, 4.69) is 26.0 Å². The van der Waals surface area contributed by atoms with Gasteiger partial charge in [-0.1, -0.05) is 44.5 Å². The molecule has 0 saturated carbocycles. The Morgan fingerprint density at radius 1 is 0.900 bits per heavy atom. The fourth-order valence-corrected chi connectivity index (χ4v) is 2.17. The van der Waals surface area contributed by atoms with Gasteiger partial charge in [0.2, 0.25) is 0 Å². The van der Waals surface area contributed by atoms with Gasteiger partial charge in [-0.15, -0.1) is 0 Å². The maximum absolute atomic E-state index is 6.00. The highest BCUT2D eigenvalue weighted by atomic mass is 16.5. The number of aryl methyl sites for hydroxylation is 1. The third kappa shape index (κ3) is 3.84. The second-order valence-corrected chi connectivity index (χ2v) is 5.08. The summed E-state index contributed by atoms with van der Waals surface area (Å²) in [6.45, 7) is 4.28. The molecule has 0 bridgehead atoms. The summed E-state index contributed by atoms with van der Waals surface area (Å²) in [6.07, 6.45) is 3.22. The number of hydrogen-bond donors (Lipinski definition) is 1. The molecule has 0 aliphatic rings. The quantitative estimate of drug-likeness (QED) is 0.814. The van der Waals surface area contributed by atoms with E-state index in [1.54, 1.807) is 0 Å². The first-order valence-corrected chi connectivity index (χ1v) is 7.35. The molecule has 2 N–H and O–H groups in total. The molecule has 0 saturated heterocycles. The van der Waals surface area contributed by atoms with Crippen molar-refractivity contribution in [3.63, 3.8) is 0 Å². The normalized spacial score (nSPS) is 12.2. The molecular weight excluding hydrogens is 246 g/mol. The van der Waals surface area contributed by atoms with Crippen molar-refractivity contribution in [2.75, 3.05) is 0 Å². The van der Waals surface area contributed by atoms with Crippen LogP contribution < -0.4 is 10.5 Å². The lowest BCUT2D eigenvalue weighted by molar-refractivity contribution is 0.482. The fraction of sp³-hybridized carbons (Fsp3) is 0.333. The topological polar surface area (TPSA) is 35.2 Å². The highest BCUT2D eigenvalue weighted by molar-refractivity contribution is 5.35. The minimum absolute atomic E-state index is 0.109. The van der Waals surface area contributed by atoms with E-state index >= 15 is 0 Å². The van der Waals surface area contributed by atoms with Crippen molar-refractivity contribution >= 4 is 0 Å². The van der Waals surface area contributed by atoms with Gasteiger partial charge in [0.25, 0.3) is 0 Å². The van der Waals surface area contributed by atoms with Crippen LogP contribution in [0.4, 0.5) is 0 Å². The zero-order valence-corrected chi connectivity index (χ0v) is 12.3. The van der Waals surface area contributed by atoms with Crippen LogP contribution in [0.5, 0.6) is 11.5 Å². The van der Waals surface area contributed by atoms with Crippen LogP contribution >= 0.6 is 0 Å². The Morgan fingerprint density at radius 3 is 1.95 bits per heavy atom. The summed E-state index contributed by atoms with van der Waals surface area (Å²) in [5.41, 5.74) is 8.50. The lowest BCUT2D eigenvalue weighted by atomic mass is 10.1. The Kier molecular flexibility index (Phi) is 5.19. The van der Waals surface area contributed by atoms with Crippen molar-refractivity contribution in [2.45, 2.75) is 39.2 Å². The number of ether oxygens (including phenoxy) is 1. The average Bonchev–Trinajstić information content (AvgIpc) is 2.49. The minimum atomic E-state index is 0.109. The van der Waals surface area contributed by atoms with Crippen LogP contribution in [0.1, 0.15) is 43.9 Å². The van der Waals surface area contributed by atoms with Gasteiger partial charge in [0, 0.05) is 6.04 Å². The first kappa shape index (κ1) is 14.6. The zero-order chi connectivity index (χ0) is 14.4. The molecule has 0 aliphatic carbocycles. The van der Waals surface area contributed by atoms with Crippen LogP contribution in [0.2, 0.25) is 0 Å². The smallest absolute Gasteiger partial charge is 0.127 e. The maximum atomic E-state index is 6.00. The molecule has 20 heavy (non-hydrogen) atoms. The molecule has 2 heteroatoms. The number of nitrogens with two attached hydrogens (primary N) is 1. The predicted octanol–water partition coefficient (Wildman–Crippen LogP) is 4.84. The van der Waals surface area contributed by atoms with Crippen LogP contribution in [0.3, 0.4) is 0 Å². The van der Waals surface area contributed by atoms with Gasteiger partial charge in [-0.3, -0.25) is 0 Å². The number of hydrogen-bond acceptors (Lipinski definition) is 2. The third-order valence-corrected chi connectivity index (χ3v) is 3.45. The number of rotatable bonds is 6. The molecule has 0 heterocycles.